The summed E-state index contributed by atoms with van der Waals surface area (Å²) in [6, 6.07) is 3.35. The molecule has 10 heteroatoms. The van der Waals surface area contributed by atoms with Gasteiger partial charge in [-0.1, -0.05) is 39.5 Å². The molecule has 1 atom stereocenters. The molecule has 6 nitrogen and oxygen atoms in total. The van der Waals surface area contributed by atoms with Crippen LogP contribution in [0.5, 0.6) is 0 Å². The number of amides is 1. The molecule has 0 saturated carbocycles. The zero-order valence-electron chi connectivity index (χ0n) is 32.0. The third-order valence-electron chi connectivity index (χ3n) is 8.57. The van der Waals surface area contributed by atoms with E-state index in [9.17, 15) is 22.4 Å². The topological polar surface area (TPSA) is 57.5 Å². The second kappa shape index (κ2) is 20.7. The van der Waals surface area contributed by atoms with Crippen LogP contribution in [0.3, 0.4) is 0 Å². The molecule has 1 amide bonds. The number of rotatable bonds is 14. The van der Waals surface area contributed by atoms with Crippen molar-refractivity contribution in [1.82, 2.24) is 9.80 Å². The smallest absolute Gasteiger partial charge is 0.410 e. The van der Waals surface area contributed by atoms with E-state index in [1.54, 1.807) is 6.20 Å². The van der Waals surface area contributed by atoms with Crippen molar-refractivity contribution in [2.24, 2.45) is 9.98 Å². The van der Waals surface area contributed by atoms with E-state index >= 15 is 0 Å². The zero-order valence-corrected chi connectivity index (χ0v) is 32.0. The van der Waals surface area contributed by atoms with Crippen LogP contribution in [-0.2, 0) is 11.2 Å². The Balaban J connectivity index is 0.00000613. The number of ether oxygens (including phenoxy) is 1. The van der Waals surface area contributed by atoms with Crippen molar-refractivity contribution in [3.05, 3.63) is 88.5 Å². The SMILES string of the molecule is C=C=C(C)C(=N/C=C\C)/C(=C/C)C(/C(CCCc1cc(F)cc(F)c1)=NCC)=C(/C)N1CCN(C(=O)OC(C)(C)C(F)(F)CC)C[C@@H]1C.CC. The number of carbonyl (C=O) groups excluding carboxylic acids is 1. The molecule has 0 aliphatic carbocycles. The Kier molecular flexibility index (Phi) is 18.3. The summed E-state index contributed by atoms with van der Waals surface area (Å²) in [5, 5.41) is 0. The van der Waals surface area contributed by atoms with Gasteiger partial charge in [0.1, 0.15) is 11.6 Å². The number of nitrogens with zero attached hydrogens (tertiary/aromatic N) is 4. The van der Waals surface area contributed by atoms with E-state index < -0.39 is 35.7 Å². The molecule has 0 N–H and O–H groups in total. The Morgan fingerprint density at radius 1 is 1.10 bits per heavy atom. The highest BCUT2D eigenvalue weighted by Crippen LogP contribution is 2.35. The fourth-order valence-electron chi connectivity index (χ4n) is 5.80. The van der Waals surface area contributed by atoms with Crippen LogP contribution in [0, 0.1) is 11.6 Å². The van der Waals surface area contributed by atoms with Crippen molar-refractivity contribution in [3.63, 3.8) is 0 Å². The highest BCUT2D eigenvalue weighted by atomic mass is 19.3. The molecule has 278 valence electrons. The Labute approximate surface area is 298 Å². The van der Waals surface area contributed by atoms with Gasteiger partial charge in [0.2, 0.25) is 0 Å². The highest BCUT2D eigenvalue weighted by molar-refractivity contribution is 6.22. The van der Waals surface area contributed by atoms with Crippen LogP contribution in [0.1, 0.15) is 101 Å². The number of carbonyl (C=O) groups is 1. The number of hydrogen-bond acceptors (Lipinski definition) is 5. The molecular weight excluding hydrogens is 644 g/mol. The molecule has 1 aromatic rings. The van der Waals surface area contributed by atoms with Crippen LogP contribution in [0.2, 0.25) is 0 Å². The van der Waals surface area contributed by atoms with Gasteiger partial charge in [-0.15, -0.1) is 5.73 Å². The molecule has 1 aliphatic heterocycles. The lowest BCUT2D eigenvalue weighted by atomic mass is 9.88. The van der Waals surface area contributed by atoms with E-state index in [1.165, 1.54) is 37.8 Å². The zero-order chi connectivity index (χ0) is 38.2. The van der Waals surface area contributed by atoms with Crippen LogP contribution in [0.25, 0.3) is 0 Å². The number of alkyl halides is 2. The summed E-state index contributed by atoms with van der Waals surface area (Å²) in [7, 11) is 0. The number of halogens is 4. The van der Waals surface area contributed by atoms with E-state index in [0.717, 1.165) is 34.2 Å². The molecule has 0 bridgehead atoms. The maximum absolute atomic E-state index is 14.5. The first kappa shape index (κ1) is 44.1. The maximum atomic E-state index is 14.5. The van der Waals surface area contributed by atoms with Gasteiger partial charge in [0.15, 0.2) is 5.60 Å². The largest absolute Gasteiger partial charge is 0.437 e. The Morgan fingerprint density at radius 3 is 2.22 bits per heavy atom. The van der Waals surface area contributed by atoms with Crippen molar-refractivity contribution >= 4 is 17.5 Å². The van der Waals surface area contributed by atoms with Crippen LogP contribution in [0.15, 0.2) is 81.3 Å². The van der Waals surface area contributed by atoms with Crippen LogP contribution < -0.4 is 0 Å². The molecule has 0 unspecified atom stereocenters. The van der Waals surface area contributed by atoms with E-state index in [4.69, 9.17) is 14.7 Å². The summed E-state index contributed by atoms with van der Waals surface area (Å²) < 4.78 is 62.2. The van der Waals surface area contributed by atoms with Gasteiger partial charge in [0.05, 0.1) is 5.71 Å². The highest BCUT2D eigenvalue weighted by Gasteiger charge is 2.49. The molecule has 0 spiro atoms. The molecule has 1 aromatic carbocycles. The number of piperazine rings is 1. The second-order valence-electron chi connectivity index (χ2n) is 12.4. The summed E-state index contributed by atoms with van der Waals surface area (Å²) in [5.74, 6) is -4.40. The standard InChI is InChI=1S/C38H52F4N4O2.C2H6/c1-11-19-44-35(26(6)12-2)32(13-3)34(33(43-15-5)18-16-17-29-22-30(39)24-31(40)23-29)28(8)46-21-20-45(25-27(46)7)36(47)48-37(9,10)38(41,42)14-4;1-2/h11,13,19,22-24,27H,2,14-18,20-21,25H2,1,3-10H3;1-2H3/b19-11-,32-13+,34-28+,43-33?,44-35-;/t27-;/m0./s1. The summed E-state index contributed by atoms with van der Waals surface area (Å²) in [5.41, 5.74) is 6.38. The third kappa shape index (κ3) is 11.9. The minimum absolute atomic E-state index is 0.195. The molecule has 1 saturated heterocycles. The summed E-state index contributed by atoms with van der Waals surface area (Å²) in [6.07, 6.45) is 5.85. The second-order valence-corrected chi connectivity index (χ2v) is 12.4. The average Bonchev–Trinajstić information content (AvgIpc) is 3.07. The third-order valence-corrected chi connectivity index (χ3v) is 8.57. The lowest BCUT2D eigenvalue weighted by Gasteiger charge is -2.43. The monoisotopic (exact) mass is 702 g/mol. The predicted octanol–water partition coefficient (Wildman–Crippen LogP) is 10.7. The molecule has 1 heterocycles. The normalized spacial score (nSPS) is 16.9. The lowest BCUT2D eigenvalue weighted by Crippen LogP contribution is -2.56. The van der Waals surface area contributed by atoms with Crippen molar-refractivity contribution in [2.75, 3.05) is 26.2 Å². The quantitative estimate of drug-likeness (QED) is 0.0839. The molecular formula is C40H58F4N4O2. The predicted molar refractivity (Wildman–Crippen MR) is 199 cm³/mol. The molecule has 1 fully saturated rings. The van der Waals surface area contributed by atoms with E-state index in [1.807, 2.05) is 67.5 Å². The summed E-state index contributed by atoms with van der Waals surface area (Å²) in [6.45, 7) is 24.7. The number of benzene rings is 1. The van der Waals surface area contributed by atoms with E-state index in [0.29, 0.717) is 43.6 Å². The summed E-state index contributed by atoms with van der Waals surface area (Å²) >= 11 is 0. The van der Waals surface area contributed by atoms with Gasteiger partial charge in [0.25, 0.3) is 5.92 Å². The van der Waals surface area contributed by atoms with Gasteiger partial charge in [-0.25, -0.2) is 22.4 Å². The lowest BCUT2D eigenvalue weighted by molar-refractivity contribution is -0.169. The fraction of sp³-hybridized carbons (Fsp3) is 0.550. The number of hydrogen-bond donors (Lipinski definition) is 0. The van der Waals surface area contributed by atoms with Gasteiger partial charge in [-0.2, -0.15) is 0 Å². The first-order valence-corrected chi connectivity index (χ1v) is 17.6. The molecule has 50 heavy (non-hydrogen) atoms. The number of aliphatic imine (C=N–C) groups is 2. The van der Waals surface area contributed by atoms with Gasteiger partial charge >= 0.3 is 6.09 Å². The minimum atomic E-state index is -3.17. The Morgan fingerprint density at radius 2 is 1.72 bits per heavy atom. The van der Waals surface area contributed by atoms with Crippen LogP contribution >= 0.6 is 0 Å². The van der Waals surface area contributed by atoms with E-state index in [-0.39, 0.29) is 19.1 Å². The average molecular weight is 703 g/mol. The minimum Gasteiger partial charge on any atom is -0.437 e. The molecule has 0 radical (unpaired) electrons. The first-order chi connectivity index (χ1) is 23.6. The first-order valence-electron chi connectivity index (χ1n) is 17.6. The summed E-state index contributed by atoms with van der Waals surface area (Å²) in [4.78, 5) is 26.4. The van der Waals surface area contributed by atoms with Gasteiger partial charge in [-0.05, 0) is 92.3 Å². The fourth-order valence-corrected chi connectivity index (χ4v) is 5.80. The number of allylic oxidation sites excluding steroid dienone is 6. The maximum Gasteiger partial charge on any atom is 0.410 e. The van der Waals surface area contributed by atoms with Gasteiger partial charge in [0, 0.05) is 79.0 Å². The van der Waals surface area contributed by atoms with Crippen LogP contribution in [-0.4, -0.2) is 71.1 Å². The van der Waals surface area contributed by atoms with Crippen LogP contribution in [0.4, 0.5) is 22.4 Å². The van der Waals surface area contributed by atoms with Gasteiger partial charge < -0.3 is 14.5 Å². The molecule has 2 rings (SSSR count). The van der Waals surface area contributed by atoms with Crippen molar-refractivity contribution in [2.45, 2.75) is 119 Å². The van der Waals surface area contributed by atoms with Crippen molar-refractivity contribution in [1.29, 1.82) is 0 Å². The number of aryl methyl sites for hydroxylation is 1. The molecule has 0 aromatic heterocycles. The Bertz CT molecular complexity index is 1480. The van der Waals surface area contributed by atoms with Crippen molar-refractivity contribution in [3.8, 4) is 0 Å². The molecule has 1 aliphatic rings. The Hall–Kier alpha value is -3.91. The van der Waals surface area contributed by atoms with E-state index in [2.05, 4.69) is 17.2 Å². The van der Waals surface area contributed by atoms with Crippen molar-refractivity contribution < 1.29 is 27.1 Å². The van der Waals surface area contributed by atoms with Gasteiger partial charge in [-0.3, -0.25) is 9.98 Å².